The summed E-state index contributed by atoms with van der Waals surface area (Å²) in [4.78, 5) is 17.9. The Balaban J connectivity index is 1.72. The quantitative estimate of drug-likeness (QED) is 0.477. The van der Waals surface area contributed by atoms with Gasteiger partial charge in [0.05, 0.1) is 17.6 Å². The zero-order valence-electron chi connectivity index (χ0n) is 17.6. The summed E-state index contributed by atoms with van der Waals surface area (Å²) in [5.41, 5.74) is 9.42. The standard InChI is InChI=1S/C26H24N2O4/c27-26(12-4-13-26)19-9-7-17(8-10-19)21-22(30)20-11-14-28-25(31-16-15-29)24(20)32-23(21)18-5-2-1-3-6-18/h1-3,5-11,14,29H,4,12-13,15-16,27H2. The number of aromatic nitrogens is 1. The summed E-state index contributed by atoms with van der Waals surface area (Å²) in [7, 11) is 0. The minimum Gasteiger partial charge on any atom is -0.473 e. The fourth-order valence-corrected chi connectivity index (χ4v) is 4.21. The van der Waals surface area contributed by atoms with Gasteiger partial charge in [0.1, 0.15) is 12.4 Å². The second kappa shape index (κ2) is 8.22. The molecule has 0 atom stereocenters. The SMILES string of the molecule is NC1(c2ccc(-c3c(-c4ccccc4)oc4c(OCCO)nccc4c3=O)cc2)CCC1. The maximum Gasteiger partial charge on any atom is 0.258 e. The van der Waals surface area contributed by atoms with Crippen LogP contribution in [-0.2, 0) is 5.54 Å². The molecule has 0 amide bonds. The molecule has 3 N–H and O–H groups in total. The Kier molecular flexibility index (Phi) is 5.25. The maximum atomic E-state index is 13.7. The lowest BCUT2D eigenvalue weighted by Crippen LogP contribution is -2.43. The second-order valence-electron chi connectivity index (χ2n) is 8.15. The Labute approximate surface area is 185 Å². The van der Waals surface area contributed by atoms with Gasteiger partial charge in [-0.3, -0.25) is 4.79 Å². The molecule has 162 valence electrons. The van der Waals surface area contributed by atoms with Crippen LogP contribution in [0.1, 0.15) is 24.8 Å². The van der Waals surface area contributed by atoms with Crippen LogP contribution >= 0.6 is 0 Å². The van der Waals surface area contributed by atoms with E-state index in [4.69, 9.17) is 20.0 Å². The van der Waals surface area contributed by atoms with Gasteiger partial charge in [0.15, 0.2) is 0 Å². The fourth-order valence-electron chi connectivity index (χ4n) is 4.21. The largest absolute Gasteiger partial charge is 0.473 e. The highest BCUT2D eigenvalue weighted by Crippen LogP contribution is 2.40. The molecule has 1 aliphatic rings. The first kappa shape index (κ1) is 20.4. The lowest BCUT2D eigenvalue weighted by atomic mass is 9.72. The summed E-state index contributed by atoms with van der Waals surface area (Å²) in [5.74, 6) is 0.631. The third-order valence-electron chi connectivity index (χ3n) is 6.14. The van der Waals surface area contributed by atoms with E-state index in [1.807, 2.05) is 54.6 Å². The van der Waals surface area contributed by atoms with Crippen LogP contribution in [0.5, 0.6) is 5.88 Å². The predicted octanol–water partition coefficient (Wildman–Crippen LogP) is 4.23. The van der Waals surface area contributed by atoms with E-state index in [9.17, 15) is 4.79 Å². The van der Waals surface area contributed by atoms with Crippen LogP contribution in [0.2, 0.25) is 0 Å². The van der Waals surface area contributed by atoms with Crippen molar-refractivity contribution in [2.24, 2.45) is 5.73 Å². The average molecular weight is 428 g/mol. The third kappa shape index (κ3) is 3.47. The molecule has 4 aromatic rings. The Morgan fingerprint density at radius 2 is 1.78 bits per heavy atom. The average Bonchev–Trinajstić information content (AvgIpc) is 2.82. The van der Waals surface area contributed by atoms with Gasteiger partial charge in [-0.05, 0) is 36.5 Å². The summed E-state index contributed by atoms with van der Waals surface area (Å²) in [5, 5.41) is 9.50. The van der Waals surface area contributed by atoms with Crippen LogP contribution < -0.4 is 15.9 Å². The Morgan fingerprint density at radius 1 is 1.03 bits per heavy atom. The van der Waals surface area contributed by atoms with Crippen LogP contribution in [0.25, 0.3) is 33.4 Å². The maximum absolute atomic E-state index is 13.7. The van der Waals surface area contributed by atoms with Crippen LogP contribution in [0.4, 0.5) is 0 Å². The first-order valence-electron chi connectivity index (χ1n) is 10.8. The molecule has 0 unspecified atom stereocenters. The number of nitrogens with zero attached hydrogens (tertiary/aromatic N) is 1. The molecule has 1 aliphatic carbocycles. The lowest BCUT2D eigenvalue weighted by molar-refractivity contribution is 0.197. The van der Waals surface area contributed by atoms with Crippen LogP contribution in [-0.4, -0.2) is 23.3 Å². The van der Waals surface area contributed by atoms with Crippen molar-refractivity contribution in [2.45, 2.75) is 24.8 Å². The fraction of sp³-hybridized carbons (Fsp3) is 0.231. The number of nitrogens with two attached hydrogens (primary N) is 1. The van der Waals surface area contributed by atoms with Crippen molar-refractivity contribution in [2.75, 3.05) is 13.2 Å². The van der Waals surface area contributed by atoms with E-state index in [1.165, 1.54) is 6.20 Å². The van der Waals surface area contributed by atoms with Crippen molar-refractivity contribution in [3.8, 4) is 28.3 Å². The number of pyridine rings is 1. The van der Waals surface area contributed by atoms with Gasteiger partial charge in [0.2, 0.25) is 11.0 Å². The number of fused-ring (bicyclic) bond motifs is 1. The first-order chi connectivity index (χ1) is 15.6. The van der Waals surface area contributed by atoms with Gasteiger partial charge in [-0.15, -0.1) is 0 Å². The van der Waals surface area contributed by atoms with Crippen LogP contribution in [0.15, 0.2) is 76.1 Å². The molecule has 6 heteroatoms. The molecule has 0 aliphatic heterocycles. The normalized spacial score (nSPS) is 14.8. The van der Waals surface area contributed by atoms with Crippen molar-refractivity contribution in [3.05, 3.63) is 82.6 Å². The third-order valence-corrected chi connectivity index (χ3v) is 6.14. The Morgan fingerprint density at radius 3 is 2.44 bits per heavy atom. The molecule has 0 saturated heterocycles. The highest BCUT2D eigenvalue weighted by atomic mass is 16.5. The molecule has 2 aromatic carbocycles. The molecule has 2 aromatic heterocycles. The van der Waals surface area contributed by atoms with Crippen molar-refractivity contribution in [1.29, 1.82) is 0 Å². The van der Waals surface area contributed by atoms with Crippen molar-refractivity contribution in [3.63, 3.8) is 0 Å². The molecule has 6 nitrogen and oxygen atoms in total. The highest BCUT2D eigenvalue weighted by Gasteiger charge is 2.34. The van der Waals surface area contributed by atoms with Gasteiger partial charge in [-0.2, -0.15) is 0 Å². The van der Waals surface area contributed by atoms with Gasteiger partial charge in [0, 0.05) is 17.3 Å². The van der Waals surface area contributed by atoms with Crippen molar-refractivity contribution >= 4 is 11.0 Å². The Hall–Kier alpha value is -3.48. The van der Waals surface area contributed by atoms with Crippen molar-refractivity contribution in [1.82, 2.24) is 4.98 Å². The predicted molar refractivity (Wildman–Crippen MR) is 123 cm³/mol. The zero-order chi connectivity index (χ0) is 22.1. The topological polar surface area (TPSA) is 98.6 Å². The van der Waals surface area contributed by atoms with Crippen molar-refractivity contribution < 1.29 is 14.3 Å². The Bertz CT molecular complexity index is 1310. The summed E-state index contributed by atoms with van der Waals surface area (Å²) >= 11 is 0. The molecular formula is C26H24N2O4. The van der Waals surface area contributed by atoms with Crippen LogP contribution in [0.3, 0.4) is 0 Å². The second-order valence-corrected chi connectivity index (χ2v) is 8.15. The summed E-state index contributed by atoms with van der Waals surface area (Å²) in [6.45, 7) is -0.110. The number of hydrogen-bond acceptors (Lipinski definition) is 6. The van der Waals surface area contributed by atoms with Crippen LogP contribution in [0, 0.1) is 0 Å². The van der Waals surface area contributed by atoms with Gasteiger partial charge in [-0.1, -0.05) is 54.6 Å². The smallest absolute Gasteiger partial charge is 0.258 e. The summed E-state index contributed by atoms with van der Waals surface area (Å²) in [6, 6.07) is 19.0. The van der Waals surface area contributed by atoms with Gasteiger partial charge >= 0.3 is 0 Å². The molecule has 32 heavy (non-hydrogen) atoms. The molecule has 0 radical (unpaired) electrons. The zero-order valence-corrected chi connectivity index (χ0v) is 17.6. The summed E-state index contributed by atoms with van der Waals surface area (Å²) < 4.78 is 11.8. The molecule has 1 saturated carbocycles. The molecular weight excluding hydrogens is 404 g/mol. The monoisotopic (exact) mass is 428 g/mol. The van der Waals surface area contributed by atoms with E-state index < -0.39 is 0 Å². The number of benzene rings is 2. The molecule has 1 fully saturated rings. The number of aliphatic hydroxyl groups is 1. The van der Waals surface area contributed by atoms with Gasteiger partial charge < -0.3 is 20.0 Å². The van der Waals surface area contributed by atoms with E-state index in [0.717, 1.165) is 36.0 Å². The molecule has 0 spiro atoms. The molecule has 2 heterocycles. The van der Waals surface area contributed by atoms with E-state index in [1.54, 1.807) is 6.07 Å². The highest BCUT2D eigenvalue weighted by molar-refractivity contribution is 5.90. The number of ether oxygens (including phenoxy) is 1. The van der Waals surface area contributed by atoms with Gasteiger partial charge in [0.25, 0.3) is 5.88 Å². The molecule has 0 bridgehead atoms. The molecule has 5 rings (SSSR count). The number of hydrogen-bond donors (Lipinski definition) is 2. The summed E-state index contributed by atoms with van der Waals surface area (Å²) in [6.07, 6.45) is 4.60. The lowest BCUT2D eigenvalue weighted by Gasteiger charge is -2.38. The minimum absolute atomic E-state index is 0.0561. The minimum atomic E-state index is -0.264. The van der Waals surface area contributed by atoms with Gasteiger partial charge in [-0.25, -0.2) is 4.98 Å². The van der Waals surface area contributed by atoms with E-state index in [0.29, 0.717) is 16.7 Å². The van der Waals surface area contributed by atoms with E-state index in [2.05, 4.69) is 4.98 Å². The first-order valence-corrected chi connectivity index (χ1v) is 10.8. The van der Waals surface area contributed by atoms with E-state index in [-0.39, 0.29) is 35.6 Å². The number of aliphatic hydroxyl groups excluding tert-OH is 1. The van der Waals surface area contributed by atoms with E-state index >= 15 is 0 Å². The number of rotatable bonds is 6.